The largest absolute Gasteiger partial charge is 1.00 e. The van der Waals surface area contributed by atoms with E-state index in [1.54, 1.807) is 0 Å². The van der Waals surface area contributed by atoms with Crippen molar-refractivity contribution < 1.29 is 42.8 Å². The second kappa shape index (κ2) is 3.71. The van der Waals surface area contributed by atoms with Crippen LogP contribution in [0, 0.1) is 22.8 Å². The minimum atomic E-state index is -0.0856. The van der Waals surface area contributed by atoms with E-state index in [9.17, 15) is 5.11 Å². The number of allylic oxidation sites excluding steroid dienone is 2. The van der Waals surface area contributed by atoms with Gasteiger partial charge in [0.05, 0.1) is 0 Å². The van der Waals surface area contributed by atoms with Crippen molar-refractivity contribution in [2.24, 2.45) is 16.7 Å². The molecule has 2 aliphatic carbocycles. The zero-order valence-corrected chi connectivity index (χ0v) is 9.40. The summed E-state index contributed by atoms with van der Waals surface area (Å²) in [6.45, 7) is 6.49. The molecule has 3 heteroatoms. The van der Waals surface area contributed by atoms with Crippen molar-refractivity contribution in [1.82, 2.24) is 0 Å². The van der Waals surface area contributed by atoms with Gasteiger partial charge < -0.3 is 16.9 Å². The van der Waals surface area contributed by atoms with Gasteiger partial charge >= 0.3 is 37.7 Å². The summed E-state index contributed by atoms with van der Waals surface area (Å²) in [5, 5.41) is 11.5. The molecule has 0 saturated heterocycles. The molecule has 0 aliphatic heterocycles. The Kier molecular flexibility index (Phi) is 3.92. The average molecular weight is 164 g/mol. The van der Waals surface area contributed by atoms with Crippen LogP contribution in [0.15, 0.2) is 5.76 Å². The molecule has 2 aliphatic rings. The molecule has 62 valence electrons. The first-order valence-corrected chi connectivity index (χ1v) is 4.29. The first-order valence-electron chi connectivity index (χ1n) is 4.29. The Morgan fingerprint density at radius 1 is 1.31 bits per heavy atom. The summed E-state index contributed by atoms with van der Waals surface area (Å²) in [5.74, 6) is 0.693. The fourth-order valence-electron chi connectivity index (χ4n) is 2.48. The Labute approximate surface area is 105 Å². The zero-order valence-electron chi connectivity index (χ0n) is 9.40. The third-order valence-electron chi connectivity index (χ3n) is 4.03. The van der Waals surface area contributed by atoms with E-state index in [4.69, 9.17) is 0 Å². The minimum Gasteiger partial charge on any atom is -0.901 e. The predicted octanol–water partition coefficient (Wildman–Crippen LogP) is -4.50. The van der Waals surface area contributed by atoms with Crippen LogP contribution in [0.3, 0.4) is 0 Å². The van der Waals surface area contributed by atoms with E-state index in [1.165, 1.54) is 0 Å². The molecule has 0 N–H and O–H groups in total. The van der Waals surface area contributed by atoms with Crippen molar-refractivity contribution in [1.29, 1.82) is 0 Å². The fourth-order valence-corrected chi connectivity index (χ4v) is 2.48. The van der Waals surface area contributed by atoms with Crippen LogP contribution >= 0.6 is 0 Å². The summed E-state index contributed by atoms with van der Waals surface area (Å²) < 4.78 is 0. The van der Waals surface area contributed by atoms with Crippen LogP contribution in [0.4, 0.5) is 0 Å². The van der Waals surface area contributed by atoms with Gasteiger partial charge in [0, 0.05) is 0 Å². The monoisotopic (exact) mass is 164 g/mol. The molecule has 2 atom stereocenters. The molecule has 0 heterocycles. The SMILES string of the molecule is CC12CCC([C-]=C1[O-])C2(C)C.[Li+].[Li+]. The number of fused-ring (bicyclic) bond motifs is 2. The molecule has 0 aromatic carbocycles. The maximum absolute atomic E-state index is 11.5. The minimum absolute atomic E-state index is 0. The molecule has 0 aromatic rings. The first-order chi connectivity index (χ1) is 4.98. The van der Waals surface area contributed by atoms with Crippen LogP contribution in [-0.4, -0.2) is 0 Å². The van der Waals surface area contributed by atoms with Crippen molar-refractivity contribution in [3.63, 3.8) is 0 Å². The normalized spacial score (nSPS) is 39.0. The van der Waals surface area contributed by atoms with Gasteiger partial charge in [0.1, 0.15) is 0 Å². The quantitative estimate of drug-likeness (QED) is 0.261. The number of hydrogen-bond donors (Lipinski definition) is 0. The Hall–Kier alpha value is 0.735. The summed E-state index contributed by atoms with van der Waals surface area (Å²) in [6.07, 6.45) is 5.27. The molecule has 13 heavy (non-hydrogen) atoms. The Balaban J connectivity index is 0.000000720. The van der Waals surface area contributed by atoms with E-state index in [0.29, 0.717) is 5.92 Å². The summed E-state index contributed by atoms with van der Waals surface area (Å²) in [6, 6.07) is 0. The van der Waals surface area contributed by atoms with Gasteiger partial charge in [0.15, 0.2) is 0 Å². The van der Waals surface area contributed by atoms with E-state index in [0.717, 1.165) is 12.8 Å². The Bertz CT molecular complexity index is 235. The van der Waals surface area contributed by atoms with Crippen molar-refractivity contribution >= 4 is 0 Å². The summed E-state index contributed by atoms with van der Waals surface area (Å²) >= 11 is 0. The summed E-state index contributed by atoms with van der Waals surface area (Å²) in [5.41, 5.74) is 0.0851. The predicted molar refractivity (Wildman–Crippen MR) is 41.4 cm³/mol. The smallest absolute Gasteiger partial charge is 0.901 e. The van der Waals surface area contributed by atoms with Gasteiger partial charge in [0.25, 0.3) is 0 Å². The molecule has 1 nitrogen and oxygen atoms in total. The van der Waals surface area contributed by atoms with Crippen LogP contribution in [-0.2, 0) is 0 Å². The topological polar surface area (TPSA) is 23.1 Å². The van der Waals surface area contributed by atoms with Crippen LogP contribution in [0.5, 0.6) is 0 Å². The fraction of sp³-hybridized carbons (Fsp3) is 0.800. The van der Waals surface area contributed by atoms with Crippen LogP contribution in [0.25, 0.3) is 0 Å². The molecule has 1 fully saturated rings. The van der Waals surface area contributed by atoms with Gasteiger partial charge in [-0.3, -0.25) is 0 Å². The molecule has 0 aromatic heterocycles. The van der Waals surface area contributed by atoms with Gasteiger partial charge in [-0.25, -0.2) is 0 Å². The van der Waals surface area contributed by atoms with Crippen LogP contribution in [0.1, 0.15) is 33.6 Å². The molecule has 0 amide bonds. The average Bonchev–Trinajstić information content (AvgIpc) is 2.20. The second-order valence-corrected chi connectivity index (χ2v) is 4.62. The second-order valence-electron chi connectivity index (χ2n) is 4.62. The molecule has 2 unspecified atom stereocenters. The summed E-state index contributed by atoms with van der Waals surface area (Å²) in [7, 11) is 0. The van der Waals surface area contributed by atoms with E-state index >= 15 is 0 Å². The van der Waals surface area contributed by atoms with Crippen molar-refractivity contribution in [2.45, 2.75) is 33.6 Å². The molecule has 0 spiro atoms. The van der Waals surface area contributed by atoms with Crippen molar-refractivity contribution in [3.05, 3.63) is 11.8 Å². The third-order valence-corrected chi connectivity index (χ3v) is 4.03. The maximum atomic E-state index is 11.5. The maximum Gasteiger partial charge on any atom is 1.00 e. The molecule has 0 radical (unpaired) electrons. The van der Waals surface area contributed by atoms with Crippen molar-refractivity contribution in [3.8, 4) is 0 Å². The molecule has 2 rings (SSSR count). The van der Waals surface area contributed by atoms with Gasteiger partial charge in [-0.1, -0.05) is 38.0 Å². The van der Waals surface area contributed by atoms with E-state index in [-0.39, 0.29) is 54.3 Å². The van der Waals surface area contributed by atoms with Crippen LogP contribution in [0.2, 0.25) is 0 Å². The molecular weight excluding hydrogens is 150 g/mol. The van der Waals surface area contributed by atoms with Gasteiger partial charge in [-0.15, -0.1) is 0 Å². The van der Waals surface area contributed by atoms with Crippen LogP contribution < -0.4 is 42.8 Å². The van der Waals surface area contributed by atoms with Gasteiger partial charge in [0.2, 0.25) is 0 Å². The van der Waals surface area contributed by atoms with E-state index in [1.807, 2.05) is 0 Å². The Morgan fingerprint density at radius 2 is 1.85 bits per heavy atom. The summed E-state index contributed by atoms with van der Waals surface area (Å²) in [4.78, 5) is 0. The van der Waals surface area contributed by atoms with E-state index < -0.39 is 0 Å². The zero-order chi connectivity index (χ0) is 8.28. The molecule has 1 saturated carbocycles. The molecular formula is C10H14Li2O. The first kappa shape index (κ1) is 13.7. The molecule has 2 bridgehead atoms. The van der Waals surface area contributed by atoms with Crippen molar-refractivity contribution in [2.75, 3.05) is 0 Å². The number of rotatable bonds is 0. The standard InChI is InChI=1S/C10H15O.2Li/c1-9(2)7-4-5-10(9,3)8(11)6-7;;/h7,11H,4-5H2,1-3H3;;/q-1;2*+1/p-1. The third kappa shape index (κ3) is 1.46. The van der Waals surface area contributed by atoms with E-state index in [2.05, 4.69) is 26.8 Å². The van der Waals surface area contributed by atoms with Gasteiger partial charge in [-0.05, 0) is 6.42 Å². The number of hydrogen-bond acceptors (Lipinski definition) is 1. The van der Waals surface area contributed by atoms with Gasteiger partial charge in [-0.2, -0.15) is 5.92 Å². The Morgan fingerprint density at radius 3 is 2.00 bits per heavy atom.